The lowest BCUT2D eigenvalue weighted by Crippen LogP contribution is -2.43. The number of nitrogens with one attached hydrogen (secondary N) is 2. The Morgan fingerprint density at radius 2 is 2.00 bits per heavy atom. The van der Waals surface area contributed by atoms with Crippen molar-refractivity contribution in [1.29, 1.82) is 0 Å². The molecule has 2 N–H and O–H groups in total. The van der Waals surface area contributed by atoms with E-state index in [0.29, 0.717) is 36.9 Å². The Kier molecular flexibility index (Phi) is 5.91. The average molecular weight is 494 g/mol. The van der Waals surface area contributed by atoms with Gasteiger partial charge in [-0.05, 0) is 31.7 Å². The first-order valence-corrected chi connectivity index (χ1v) is 13.9. The van der Waals surface area contributed by atoms with E-state index in [1.807, 2.05) is 13.1 Å². The fourth-order valence-electron chi connectivity index (χ4n) is 5.62. The van der Waals surface area contributed by atoms with Gasteiger partial charge in [-0.1, -0.05) is 18.2 Å². The molecule has 3 aromatic rings. The molecule has 0 aliphatic carbocycles. The molecule has 3 atom stereocenters. The molecule has 3 aliphatic heterocycles. The zero-order valence-electron chi connectivity index (χ0n) is 20.0. The number of anilines is 2. The summed E-state index contributed by atoms with van der Waals surface area (Å²) in [6.07, 6.45) is 5.12. The molecular weight excluding hydrogens is 462 g/mol. The highest BCUT2D eigenvalue weighted by Crippen LogP contribution is 2.34. The molecule has 35 heavy (non-hydrogen) atoms. The predicted octanol–water partition coefficient (Wildman–Crippen LogP) is 2.82. The van der Waals surface area contributed by atoms with Crippen LogP contribution in [0.15, 0.2) is 29.2 Å². The Labute approximate surface area is 207 Å². The number of piperidine rings is 1. The molecule has 0 bridgehead atoms. The Balaban J connectivity index is 1.24. The van der Waals surface area contributed by atoms with E-state index in [9.17, 15) is 9.00 Å². The number of carbonyl (C=O) groups excluding carboxylic acids is 1. The van der Waals surface area contributed by atoms with Gasteiger partial charge in [-0.15, -0.1) is 0 Å². The zero-order valence-corrected chi connectivity index (χ0v) is 20.8. The quantitative estimate of drug-likeness (QED) is 0.576. The van der Waals surface area contributed by atoms with Crippen molar-refractivity contribution in [2.75, 3.05) is 42.7 Å². The number of H-pyrrole nitrogens is 1. The zero-order chi connectivity index (χ0) is 23.9. The minimum atomic E-state index is -1.08. The summed E-state index contributed by atoms with van der Waals surface area (Å²) in [6.45, 7) is 2.38. The van der Waals surface area contributed by atoms with Gasteiger partial charge in [0.05, 0.1) is 22.0 Å². The van der Waals surface area contributed by atoms with Crippen LogP contribution in [-0.2, 0) is 22.0 Å². The number of hydrogen-bond donors (Lipinski definition) is 2. The highest BCUT2D eigenvalue weighted by atomic mass is 32.2. The molecule has 2 fully saturated rings. The van der Waals surface area contributed by atoms with Crippen LogP contribution in [0.5, 0.6) is 0 Å². The molecule has 184 valence electrons. The average Bonchev–Trinajstić information content (AvgIpc) is 3.37. The first kappa shape index (κ1) is 22.5. The second-order valence-electron chi connectivity index (χ2n) is 9.87. The van der Waals surface area contributed by atoms with Gasteiger partial charge in [0.25, 0.3) is 0 Å². The number of benzene rings is 1. The van der Waals surface area contributed by atoms with Gasteiger partial charge in [0.1, 0.15) is 10.7 Å². The molecule has 2 saturated heterocycles. The number of nitrogens with zero attached hydrogens (tertiary/aromatic N) is 5. The van der Waals surface area contributed by atoms with Crippen LogP contribution in [0.25, 0.3) is 10.9 Å². The number of rotatable bonds is 4. The van der Waals surface area contributed by atoms with Crippen LogP contribution in [0.4, 0.5) is 11.8 Å². The lowest BCUT2D eigenvalue weighted by molar-refractivity contribution is -0.132. The van der Waals surface area contributed by atoms with Crippen molar-refractivity contribution < 1.29 is 9.00 Å². The number of hydrogen-bond acceptors (Lipinski definition) is 7. The van der Waals surface area contributed by atoms with Crippen molar-refractivity contribution in [2.45, 2.75) is 55.4 Å². The fourth-order valence-corrected chi connectivity index (χ4v) is 6.94. The minimum Gasteiger partial charge on any atom is -0.364 e. The van der Waals surface area contributed by atoms with Crippen LogP contribution in [0.1, 0.15) is 49.4 Å². The number of para-hydroxylation sites is 1. The van der Waals surface area contributed by atoms with Crippen molar-refractivity contribution in [1.82, 2.24) is 25.1 Å². The third-order valence-electron chi connectivity index (χ3n) is 7.55. The van der Waals surface area contributed by atoms with Gasteiger partial charge < -0.3 is 15.1 Å². The van der Waals surface area contributed by atoms with E-state index in [-0.39, 0.29) is 11.9 Å². The van der Waals surface area contributed by atoms with Crippen molar-refractivity contribution in [3.05, 3.63) is 35.7 Å². The minimum absolute atomic E-state index is 0.101. The van der Waals surface area contributed by atoms with E-state index in [1.165, 1.54) is 11.1 Å². The largest absolute Gasteiger partial charge is 0.364 e. The van der Waals surface area contributed by atoms with Crippen molar-refractivity contribution in [3.8, 4) is 0 Å². The molecule has 9 nitrogen and oxygen atoms in total. The molecule has 6 rings (SSSR count). The van der Waals surface area contributed by atoms with E-state index in [1.54, 1.807) is 4.90 Å². The maximum absolute atomic E-state index is 12.8. The van der Waals surface area contributed by atoms with Gasteiger partial charge in [-0.2, -0.15) is 10.1 Å². The van der Waals surface area contributed by atoms with Crippen molar-refractivity contribution in [3.63, 3.8) is 0 Å². The van der Waals surface area contributed by atoms with Gasteiger partial charge in [0.15, 0.2) is 0 Å². The van der Waals surface area contributed by atoms with Crippen LogP contribution < -0.4 is 10.2 Å². The first-order chi connectivity index (χ1) is 17.1. The second-order valence-corrected chi connectivity index (χ2v) is 11.4. The number of likely N-dealkylation sites (N-methyl/N-ethyl adjacent to an activating group) is 1. The number of amides is 1. The lowest BCUT2D eigenvalue weighted by atomic mass is 9.94. The van der Waals surface area contributed by atoms with Crippen LogP contribution in [0.3, 0.4) is 0 Å². The molecule has 3 aliphatic rings. The van der Waals surface area contributed by atoms with Crippen molar-refractivity contribution >= 4 is 39.4 Å². The van der Waals surface area contributed by atoms with E-state index in [4.69, 9.17) is 9.97 Å². The third kappa shape index (κ3) is 4.28. The molecule has 1 amide bonds. The Morgan fingerprint density at radius 1 is 1.11 bits per heavy atom. The van der Waals surface area contributed by atoms with E-state index < -0.39 is 10.8 Å². The highest BCUT2D eigenvalue weighted by molar-refractivity contribution is 7.85. The number of aromatic nitrogens is 4. The topological polar surface area (TPSA) is 107 Å². The molecule has 0 spiro atoms. The van der Waals surface area contributed by atoms with Gasteiger partial charge in [0.2, 0.25) is 11.9 Å². The molecule has 0 radical (unpaired) electrons. The molecule has 5 heterocycles. The van der Waals surface area contributed by atoms with Gasteiger partial charge in [-0.3, -0.25) is 14.1 Å². The summed E-state index contributed by atoms with van der Waals surface area (Å²) >= 11 is 0. The maximum Gasteiger partial charge on any atom is 0.227 e. The van der Waals surface area contributed by atoms with E-state index in [2.05, 4.69) is 38.6 Å². The van der Waals surface area contributed by atoms with Gasteiger partial charge >= 0.3 is 0 Å². The molecule has 0 saturated carbocycles. The predicted molar refractivity (Wildman–Crippen MR) is 136 cm³/mol. The maximum atomic E-state index is 12.8. The summed E-state index contributed by atoms with van der Waals surface area (Å²) in [4.78, 5) is 26.5. The molecule has 10 heteroatoms. The molecular formula is C25H31N7O2S. The monoisotopic (exact) mass is 493 g/mol. The molecule has 2 aromatic heterocycles. The highest BCUT2D eigenvalue weighted by Gasteiger charge is 2.31. The summed E-state index contributed by atoms with van der Waals surface area (Å²) in [5.41, 5.74) is 3.15. The number of aryl methyl sites for hydroxylation is 1. The SMILES string of the molecule is CN1C[C@@H](Nc2nc(N3CCCC(c4[nH]nc5ccccc45)CC3)nc3c2S(=O)CC3)CCC1=O. The summed E-state index contributed by atoms with van der Waals surface area (Å²) in [6, 6.07) is 8.39. The van der Waals surface area contributed by atoms with Crippen molar-refractivity contribution in [2.24, 2.45) is 0 Å². The number of aromatic amines is 1. The molecule has 2 unspecified atom stereocenters. The Hall–Kier alpha value is -3.01. The second kappa shape index (κ2) is 9.22. The Bertz CT molecular complexity index is 1290. The summed E-state index contributed by atoms with van der Waals surface area (Å²) in [5, 5.41) is 12.5. The standard InChI is InChI=1S/C25H31N7O2S/c1-31-15-17(8-9-21(31)33)26-24-23-20(11-14-35(23)34)27-25(28-24)32-12-4-5-16(10-13-32)22-18-6-2-3-7-19(18)29-30-22/h2-3,6-7,16-17H,4-5,8-15H2,1H3,(H,29,30)(H,26,27,28)/t16?,17-,35?/m0/s1. The lowest BCUT2D eigenvalue weighted by Gasteiger charge is -2.31. The normalized spacial score (nSPS) is 25.1. The summed E-state index contributed by atoms with van der Waals surface area (Å²) in [7, 11) is 0.751. The van der Waals surface area contributed by atoms with Gasteiger partial charge in [-0.25, -0.2) is 4.98 Å². The summed E-state index contributed by atoms with van der Waals surface area (Å²) < 4.78 is 12.8. The Morgan fingerprint density at radius 3 is 2.89 bits per heavy atom. The van der Waals surface area contributed by atoms with Gasteiger partial charge in [0, 0.05) is 68.3 Å². The van der Waals surface area contributed by atoms with Crippen LogP contribution >= 0.6 is 0 Å². The number of carbonyl (C=O) groups is 1. The third-order valence-corrected chi connectivity index (χ3v) is 9.01. The first-order valence-electron chi connectivity index (χ1n) is 12.5. The smallest absolute Gasteiger partial charge is 0.227 e. The van der Waals surface area contributed by atoms with Crippen LogP contribution in [0, 0.1) is 0 Å². The summed E-state index contributed by atoms with van der Waals surface area (Å²) in [5.74, 6) is 2.60. The fraction of sp³-hybridized carbons (Fsp3) is 0.520. The van der Waals surface area contributed by atoms with E-state index >= 15 is 0 Å². The number of fused-ring (bicyclic) bond motifs is 2. The van der Waals surface area contributed by atoms with Crippen LogP contribution in [0.2, 0.25) is 0 Å². The van der Waals surface area contributed by atoms with E-state index in [0.717, 1.165) is 60.8 Å². The van der Waals surface area contributed by atoms with Crippen LogP contribution in [-0.4, -0.2) is 73.7 Å². The molecule has 1 aromatic carbocycles. The number of likely N-dealkylation sites (tertiary alicyclic amines) is 1.